The molecule has 0 amide bonds. The van der Waals surface area contributed by atoms with Gasteiger partial charge < -0.3 is 10.2 Å². The minimum atomic E-state index is -3.01. The van der Waals surface area contributed by atoms with Crippen LogP contribution in [0.4, 0.5) is 0 Å². The van der Waals surface area contributed by atoms with Gasteiger partial charge in [-0.1, -0.05) is 12.8 Å². The van der Waals surface area contributed by atoms with Crippen molar-refractivity contribution in [3.63, 3.8) is 0 Å². The fourth-order valence-corrected chi connectivity index (χ4v) is 4.23. The van der Waals surface area contributed by atoms with Crippen LogP contribution < -0.4 is 0 Å². The molecule has 2 unspecified atom stereocenters. The Morgan fingerprint density at radius 2 is 2.00 bits per heavy atom. The summed E-state index contributed by atoms with van der Waals surface area (Å²) in [7, 11) is -3.01. The number of hydrogen-bond acceptors (Lipinski definition) is 4. The van der Waals surface area contributed by atoms with Gasteiger partial charge in [-0.2, -0.15) is 0 Å². The first kappa shape index (κ1) is 14.4. The maximum Gasteiger partial charge on any atom is 0.306 e. The second kappa shape index (κ2) is 6.35. The molecule has 0 aromatic heterocycles. The SMILES string of the molecule is O=C(O)C(CCCCCO)C1CCS(=O)(=O)C1. The maximum atomic E-state index is 11.3. The molecule has 1 aliphatic heterocycles. The quantitative estimate of drug-likeness (QED) is 0.660. The van der Waals surface area contributed by atoms with Crippen LogP contribution in [0.25, 0.3) is 0 Å². The summed E-state index contributed by atoms with van der Waals surface area (Å²) in [6.45, 7) is 0.121. The molecule has 0 aromatic carbocycles. The lowest BCUT2D eigenvalue weighted by molar-refractivity contribution is -0.143. The van der Waals surface area contributed by atoms with Crippen LogP contribution in [-0.2, 0) is 14.6 Å². The van der Waals surface area contributed by atoms with Gasteiger partial charge in [0, 0.05) is 6.61 Å². The third kappa shape index (κ3) is 4.63. The van der Waals surface area contributed by atoms with E-state index in [9.17, 15) is 13.2 Å². The molecule has 0 bridgehead atoms. The van der Waals surface area contributed by atoms with E-state index in [0.717, 1.165) is 12.8 Å². The second-order valence-corrected chi connectivity index (χ2v) is 6.91. The maximum absolute atomic E-state index is 11.3. The number of aliphatic hydroxyl groups excluding tert-OH is 1. The van der Waals surface area contributed by atoms with Gasteiger partial charge in [0.25, 0.3) is 0 Å². The smallest absolute Gasteiger partial charge is 0.306 e. The van der Waals surface area contributed by atoms with E-state index < -0.39 is 21.7 Å². The highest BCUT2D eigenvalue weighted by atomic mass is 32.2. The highest BCUT2D eigenvalue weighted by Crippen LogP contribution is 2.29. The molecular formula is C11H20O5S. The van der Waals surface area contributed by atoms with Gasteiger partial charge in [-0.3, -0.25) is 4.79 Å². The molecule has 100 valence electrons. The van der Waals surface area contributed by atoms with E-state index in [4.69, 9.17) is 10.2 Å². The molecule has 2 atom stereocenters. The number of unbranched alkanes of at least 4 members (excludes halogenated alkanes) is 2. The average Bonchev–Trinajstić information content (AvgIpc) is 2.58. The molecule has 6 heteroatoms. The van der Waals surface area contributed by atoms with Gasteiger partial charge >= 0.3 is 5.97 Å². The molecule has 0 radical (unpaired) electrons. The molecule has 17 heavy (non-hydrogen) atoms. The first-order valence-electron chi connectivity index (χ1n) is 6.00. The molecular weight excluding hydrogens is 244 g/mol. The zero-order chi connectivity index (χ0) is 12.9. The van der Waals surface area contributed by atoms with Gasteiger partial charge in [0.2, 0.25) is 0 Å². The third-order valence-corrected chi connectivity index (χ3v) is 5.12. The Morgan fingerprint density at radius 1 is 1.29 bits per heavy atom. The lowest BCUT2D eigenvalue weighted by Gasteiger charge is -2.17. The van der Waals surface area contributed by atoms with Crippen molar-refractivity contribution in [3.8, 4) is 0 Å². The van der Waals surface area contributed by atoms with Crippen molar-refractivity contribution in [2.45, 2.75) is 32.1 Å². The molecule has 0 saturated carbocycles. The van der Waals surface area contributed by atoms with Crippen LogP contribution in [-0.4, -0.2) is 42.7 Å². The lowest BCUT2D eigenvalue weighted by atomic mass is 9.87. The predicted molar refractivity (Wildman–Crippen MR) is 63.4 cm³/mol. The molecule has 0 aliphatic carbocycles. The van der Waals surface area contributed by atoms with Crippen molar-refractivity contribution in [2.75, 3.05) is 18.1 Å². The van der Waals surface area contributed by atoms with E-state index in [1.807, 2.05) is 0 Å². The lowest BCUT2D eigenvalue weighted by Crippen LogP contribution is -2.24. The van der Waals surface area contributed by atoms with Crippen molar-refractivity contribution < 1.29 is 23.4 Å². The highest BCUT2D eigenvalue weighted by molar-refractivity contribution is 7.91. The van der Waals surface area contributed by atoms with Crippen LogP contribution in [0.1, 0.15) is 32.1 Å². The number of rotatable bonds is 7. The van der Waals surface area contributed by atoms with Gasteiger partial charge in [-0.05, 0) is 25.2 Å². The van der Waals surface area contributed by atoms with Crippen molar-refractivity contribution in [2.24, 2.45) is 11.8 Å². The molecule has 2 N–H and O–H groups in total. The van der Waals surface area contributed by atoms with Crippen LogP contribution in [0.2, 0.25) is 0 Å². The fourth-order valence-electron chi connectivity index (χ4n) is 2.35. The van der Waals surface area contributed by atoms with Gasteiger partial charge in [0.15, 0.2) is 9.84 Å². The molecule has 1 saturated heterocycles. The van der Waals surface area contributed by atoms with Crippen LogP contribution in [0.3, 0.4) is 0 Å². The Balaban J connectivity index is 2.47. The summed E-state index contributed by atoms with van der Waals surface area (Å²) >= 11 is 0. The summed E-state index contributed by atoms with van der Waals surface area (Å²) in [6, 6.07) is 0. The summed E-state index contributed by atoms with van der Waals surface area (Å²) in [6.07, 6.45) is 3.18. The molecule has 0 aromatic rings. The number of carboxylic acids is 1. The van der Waals surface area contributed by atoms with Crippen molar-refractivity contribution in [3.05, 3.63) is 0 Å². The number of aliphatic carboxylic acids is 1. The fraction of sp³-hybridized carbons (Fsp3) is 0.909. The number of carboxylic acid groups (broad SMARTS) is 1. The van der Waals surface area contributed by atoms with E-state index in [2.05, 4.69) is 0 Å². The van der Waals surface area contributed by atoms with Crippen LogP contribution in [0.5, 0.6) is 0 Å². The van der Waals surface area contributed by atoms with Gasteiger partial charge in [-0.15, -0.1) is 0 Å². The van der Waals surface area contributed by atoms with Gasteiger partial charge in [0.05, 0.1) is 17.4 Å². The summed E-state index contributed by atoms with van der Waals surface area (Å²) < 4.78 is 22.6. The summed E-state index contributed by atoms with van der Waals surface area (Å²) in [5, 5.41) is 17.7. The average molecular weight is 264 g/mol. The second-order valence-electron chi connectivity index (χ2n) is 4.68. The van der Waals surface area contributed by atoms with E-state index in [1.54, 1.807) is 0 Å². The molecule has 1 rings (SSSR count). The Morgan fingerprint density at radius 3 is 2.47 bits per heavy atom. The zero-order valence-corrected chi connectivity index (χ0v) is 10.7. The summed E-state index contributed by atoms with van der Waals surface area (Å²) in [5.74, 6) is -1.53. The van der Waals surface area contributed by atoms with Crippen LogP contribution in [0, 0.1) is 11.8 Å². The van der Waals surface area contributed by atoms with E-state index in [0.29, 0.717) is 19.3 Å². The topological polar surface area (TPSA) is 91.7 Å². The van der Waals surface area contributed by atoms with E-state index in [-0.39, 0.29) is 24.0 Å². The molecule has 5 nitrogen and oxygen atoms in total. The largest absolute Gasteiger partial charge is 0.481 e. The first-order valence-corrected chi connectivity index (χ1v) is 7.82. The van der Waals surface area contributed by atoms with Crippen LogP contribution >= 0.6 is 0 Å². The molecule has 1 aliphatic rings. The minimum absolute atomic E-state index is 0.0178. The number of carbonyl (C=O) groups is 1. The Hall–Kier alpha value is -0.620. The minimum Gasteiger partial charge on any atom is -0.481 e. The third-order valence-electron chi connectivity index (χ3n) is 3.33. The van der Waals surface area contributed by atoms with Gasteiger partial charge in [0.1, 0.15) is 0 Å². The van der Waals surface area contributed by atoms with Crippen molar-refractivity contribution in [1.29, 1.82) is 0 Å². The molecule has 1 fully saturated rings. The summed E-state index contributed by atoms with van der Waals surface area (Å²) in [5.41, 5.74) is 0. The van der Waals surface area contributed by atoms with Gasteiger partial charge in [-0.25, -0.2) is 8.42 Å². The number of sulfone groups is 1. The van der Waals surface area contributed by atoms with Crippen LogP contribution in [0.15, 0.2) is 0 Å². The Bertz CT molecular complexity index is 349. The highest BCUT2D eigenvalue weighted by Gasteiger charge is 2.36. The Labute approximate surface area is 102 Å². The number of hydrogen-bond donors (Lipinski definition) is 2. The van der Waals surface area contributed by atoms with Crippen molar-refractivity contribution in [1.82, 2.24) is 0 Å². The summed E-state index contributed by atoms with van der Waals surface area (Å²) in [4.78, 5) is 11.1. The first-order chi connectivity index (χ1) is 7.96. The van der Waals surface area contributed by atoms with E-state index in [1.165, 1.54) is 0 Å². The normalized spacial score (nSPS) is 24.6. The van der Waals surface area contributed by atoms with E-state index >= 15 is 0 Å². The zero-order valence-electron chi connectivity index (χ0n) is 9.84. The predicted octanol–water partition coefficient (Wildman–Crippen LogP) is 0.675. The monoisotopic (exact) mass is 264 g/mol. The molecule has 1 heterocycles. The number of aliphatic hydroxyl groups is 1. The molecule has 0 spiro atoms. The van der Waals surface area contributed by atoms with Crippen molar-refractivity contribution >= 4 is 15.8 Å². The standard InChI is InChI=1S/C11H20O5S/c12-6-3-1-2-4-10(11(13)14)9-5-7-17(15,16)8-9/h9-10,12H,1-8H2,(H,13,14). The Kier molecular flexibility index (Phi) is 5.39.